The van der Waals surface area contributed by atoms with E-state index in [1.165, 1.54) is 4.90 Å². The minimum Gasteiger partial charge on any atom is -0.487 e. The predicted molar refractivity (Wildman–Crippen MR) is 176 cm³/mol. The molecule has 0 spiro atoms. The third-order valence-electron chi connectivity index (χ3n) is 8.39. The van der Waals surface area contributed by atoms with Crippen LogP contribution < -0.4 is 20.1 Å². The summed E-state index contributed by atoms with van der Waals surface area (Å²) < 4.78 is 28.4. The molecule has 3 atom stereocenters. The first-order valence-electron chi connectivity index (χ1n) is 16.7. The number of benzene rings is 2. The van der Waals surface area contributed by atoms with Crippen molar-refractivity contribution in [3.63, 3.8) is 0 Å². The summed E-state index contributed by atoms with van der Waals surface area (Å²) in [5.41, 5.74) is 0.846. The quantitative estimate of drug-likeness (QED) is 0.412. The Labute approximate surface area is 282 Å². The summed E-state index contributed by atoms with van der Waals surface area (Å²) in [7, 11) is 0. The van der Waals surface area contributed by atoms with Gasteiger partial charge in [0.05, 0.1) is 33.0 Å². The lowest BCUT2D eigenvalue weighted by Crippen LogP contribution is -2.56. The third kappa shape index (κ3) is 11.1. The third-order valence-corrected chi connectivity index (χ3v) is 8.39. The molecule has 0 aromatic heterocycles. The molecule has 2 aliphatic heterocycles. The normalized spacial score (nSPS) is 18.8. The van der Waals surface area contributed by atoms with E-state index >= 15 is 0 Å². The standard InChI is InChI=1S/C35H48N4O9/c1-3-26(2)32(37-33(41)28-12-9-15-39(28)35(43)48-25-27-10-5-4-6-11-27)34(42)36-24-31(40)38-16-18-44-20-22-46-29-13-7-8-14-30(29)47-23-21-45-19-17-38/h4-8,10-11,13-14,26,28,32H,3,9,12,15-25H2,1-2H3,(H,36,42)(H,37,41)/t26-,28-,32-/m0/s1. The van der Waals surface area contributed by atoms with Crippen molar-refractivity contribution in [3.05, 3.63) is 60.2 Å². The number of para-hydroxylation sites is 2. The second-order valence-corrected chi connectivity index (χ2v) is 11.7. The number of fused-ring (bicyclic) bond motifs is 1. The van der Waals surface area contributed by atoms with Gasteiger partial charge in [-0.1, -0.05) is 62.7 Å². The highest BCUT2D eigenvalue weighted by atomic mass is 16.6. The summed E-state index contributed by atoms with van der Waals surface area (Å²) in [6.07, 6.45) is 1.14. The molecule has 2 heterocycles. The molecular formula is C35H48N4O9. The van der Waals surface area contributed by atoms with Gasteiger partial charge in [-0.15, -0.1) is 0 Å². The molecule has 2 aromatic rings. The van der Waals surface area contributed by atoms with Gasteiger partial charge >= 0.3 is 6.09 Å². The van der Waals surface area contributed by atoms with E-state index in [2.05, 4.69) is 10.6 Å². The highest BCUT2D eigenvalue weighted by Gasteiger charge is 2.37. The molecule has 262 valence electrons. The number of rotatable bonds is 9. The van der Waals surface area contributed by atoms with Crippen molar-refractivity contribution >= 4 is 23.8 Å². The predicted octanol–water partition coefficient (Wildman–Crippen LogP) is 2.77. The number of ether oxygens (including phenoxy) is 5. The maximum Gasteiger partial charge on any atom is 0.410 e. The van der Waals surface area contributed by atoms with Gasteiger partial charge in [-0.3, -0.25) is 19.3 Å². The molecule has 2 aromatic carbocycles. The number of likely N-dealkylation sites (tertiary alicyclic amines) is 1. The molecule has 1 saturated heterocycles. The van der Waals surface area contributed by atoms with Crippen LogP contribution in [0.25, 0.3) is 0 Å². The number of carbonyl (C=O) groups excluding carboxylic acids is 4. The van der Waals surface area contributed by atoms with Crippen LogP contribution in [0, 0.1) is 5.92 Å². The van der Waals surface area contributed by atoms with Crippen molar-refractivity contribution < 1.29 is 42.9 Å². The number of hydrogen-bond acceptors (Lipinski definition) is 9. The van der Waals surface area contributed by atoms with Gasteiger partial charge < -0.3 is 39.2 Å². The SMILES string of the molecule is CC[C@H](C)[C@H](NC(=O)[C@@H]1CCCN1C(=O)OCc1ccccc1)C(=O)NCC(=O)N1CCOCCOc2ccccc2OCCOCC1. The molecule has 2 N–H and O–H groups in total. The Hall–Kier alpha value is -4.36. The van der Waals surface area contributed by atoms with E-state index in [4.69, 9.17) is 23.7 Å². The van der Waals surface area contributed by atoms with E-state index in [0.717, 1.165) is 5.56 Å². The van der Waals surface area contributed by atoms with Crippen molar-refractivity contribution in [2.75, 3.05) is 65.8 Å². The Bertz CT molecular complexity index is 1290. The molecule has 1 fully saturated rings. The largest absolute Gasteiger partial charge is 0.487 e. The monoisotopic (exact) mass is 668 g/mol. The molecule has 0 aliphatic carbocycles. The van der Waals surface area contributed by atoms with Crippen molar-refractivity contribution in [1.29, 1.82) is 0 Å². The Morgan fingerprint density at radius 2 is 1.48 bits per heavy atom. The van der Waals surface area contributed by atoms with E-state index in [9.17, 15) is 19.2 Å². The Balaban J connectivity index is 1.28. The topological polar surface area (TPSA) is 145 Å². The summed E-state index contributed by atoms with van der Waals surface area (Å²) in [5.74, 6) is -0.180. The van der Waals surface area contributed by atoms with Crippen molar-refractivity contribution in [2.45, 2.75) is 51.8 Å². The second kappa shape index (κ2) is 19.5. The van der Waals surface area contributed by atoms with Gasteiger partial charge in [-0.25, -0.2) is 4.79 Å². The minimum atomic E-state index is -0.892. The first kappa shape index (κ1) is 36.5. The van der Waals surface area contributed by atoms with E-state index < -0.39 is 30.0 Å². The molecule has 0 unspecified atom stereocenters. The van der Waals surface area contributed by atoms with Crippen LogP contribution in [0.5, 0.6) is 11.5 Å². The van der Waals surface area contributed by atoms with Gasteiger partial charge in [-0.05, 0) is 36.5 Å². The molecule has 0 saturated carbocycles. The number of amides is 4. The van der Waals surface area contributed by atoms with E-state index in [1.807, 2.05) is 68.4 Å². The molecule has 4 amide bonds. The smallest absolute Gasteiger partial charge is 0.410 e. The van der Waals surface area contributed by atoms with E-state index in [-0.39, 0.29) is 38.2 Å². The molecular weight excluding hydrogens is 620 g/mol. The van der Waals surface area contributed by atoms with Crippen LogP contribution in [0.15, 0.2) is 54.6 Å². The minimum absolute atomic E-state index is 0.101. The fourth-order valence-corrected chi connectivity index (χ4v) is 5.42. The lowest BCUT2D eigenvalue weighted by molar-refractivity contribution is -0.136. The second-order valence-electron chi connectivity index (χ2n) is 11.7. The van der Waals surface area contributed by atoms with Crippen LogP contribution in [0.4, 0.5) is 4.79 Å². The molecule has 0 radical (unpaired) electrons. The number of nitrogens with one attached hydrogen (secondary N) is 2. The average molecular weight is 669 g/mol. The fraction of sp³-hybridized carbons (Fsp3) is 0.543. The zero-order valence-corrected chi connectivity index (χ0v) is 27.9. The van der Waals surface area contributed by atoms with Gasteiger partial charge in [0.25, 0.3) is 0 Å². The fourth-order valence-electron chi connectivity index (χ4n) is 5.42. The van der Waals surface area contributed by atoms with Crippen molar-refractivity contribution in [2.24, 2.45) is 5.92 Å². The Morgan fingerprint density at radius 3 is 2.10 bits per heavy atom. The molecule has 0 bridgehead atoms. The van der Waals surface area contributed by atoms with Crippen LogP contribution >= 0.6 is 0 Å². The maximum atomic E-state index is 13.4. The van der Waals surface area contributed by atoms with Crippen LogP contribution in [-0.2, 0) is 35.2 Å². The lowest BCUT2D eigenvalue weighted by atomic mass is 9.97. The van der Waals surface area contributed by atoms with Crippen molar-refractivity contribution in [3.8, 4) is 11.5 Å². The molecule has 48 heavy (non-hydrogen) atoms. The summed E-state index contributed by atoms with van der Waals surface area (Å²) in [6, 6.07) is 15.1. The van der Waals surface area contributed by atoms with Crippen molar-refractivity contribution in [1.82, 2.24) is 20.4 Å². The number of nitrogens with zero attached hydrogens (tertiary/aromatic N) is 2. The van der Waals surface area contributed by atoms with Gasteiger partial charge in [0.1, 0.15) is 31.9 Å². The van der Waals surface area contributed by atoms with Gasteiger partial charge in [0.2, 0.25) is 17.7 Å². The molecule has 13 nitrogen and oxygen atoms in total. The van der Waals surface area contributed by atoms with Crippen LogP contribution in [-0.4, -0.2) is 112 Å². The van der Waals surface area contributed by atoms with E-state index in [0.29, 0.717) is 76.8 Å². The Kier molecular flexibility index (Phi) is 14.8. The van der Waals surface area contributed by atoms with Gasteiger partial charge in [0.15, 0.2) is 11.5 Å². The highest BCUT2D eigenvalue weighted by molar-refractivity contribution is 5.93. The van der Waals surface area contributed by atoms with Gasteiger partial charge in [-0.2, -0.15) is 0 Å². The molecule has 2 aliphatic rings. The summed E-state index contributed by atoms with van der Waals surface area (Å²) in [4.78, 5) is 55.9. The maximum absolute atomic E-state index is 13.4. The zero-order valence-electron chi connectivity index (χ0n) is 27.9. The summed E-state index contributed by atoms with van der Waals surface area (Å²) >= 11 is 0. The zero-order chi connectivity index (χ0) is 34.1. The summed E-state index contributed by atoms with van der Waals surface area (Å²) in [6.45, 7) is 6.44. The Morgan fingerprint density at radius 1 is 0.854 bits per heavy atom. The average Bonchev–Trinajstić information content (AvgIpc) is 3.61. The summed E-state index contributed by atoms with van der Waals surface area (Å²) in [5, 5.41) is 5.57. The lowest BCUT2D eigenvalue weighted by Gasteiger charge is -2.28. The van der Waals surface area contributed by atoms with Crippen LogP contribution in [0.1, 0.15) is 38.7 Å². The highest BCUT2D eigenvalue weighted by Crippen LogP contribution is 2.26. The molecule has 13 heteroatoms. The first-order chi connectivity index (χ1) is 23.4. The van der Waals surface area contributed by atoms with Crippen LogP contribution in [0.3, 0.4) is 0 Å². The molecule has 4 rings (SSSR count). The van der Waals surface area contributed by atoms with E-state index in [1.54, 1.807) is 4.90 Å². The number of hydrogen-bond donors (Lipinski definition) is 2. The van der Waals surface area contributed by atoms with Gasteiger partial charge in [0, 0.05) is 19.6 Å². The first-order valence-corrected chi connectivity index (χ1v) is 16.7. The van der Waals surface area contributed by atoms with Crippen LogP contribution in [0.2, 0.25) is 0 Å². The number of carbonyl (C=O) groups is 4.